The van der Waals surface area contributed by atoms with Gasteiger partial charge in [0, 0.05) is 6.54 Å². The molecule has 0 spiro atoms. The van der Waals surface area contributed by atoms with E-state index in [-0.39, 0.29) is 0 Å². The fourth-order valence-electron chi connectivity index (χ4n) is 2.23. The number of hydrogen-bond acceptors (Lipinski definition) is 3. The van der Waals surface area contributed by atoms with Gasteiger partial charge < -0.3 is 16.8 Å². The van der Waals surface area contributed by atoms with Gasteiger partial charge in [-0.25, -0.2) is 0 Å². The van der Waals surface area contributed by atoms with Gasteiger partial charge in [-0.2, -0.15) is 0 Å². The highest BCUT2D eigenvalue weighted by Gasteiger charge is 2.11. The molecule has 0 bridgehead atoms. The zero-order valence-corrected chi connectivity index (χ0v) is 11.5. The summed E-state index contributed by atoms with van der Waals surface area (Å²) in [7, 11) is 0. The molecular weight excluding hydrogens is 250 g/mol. The molecule has 4 nitrogen and oxygen atoms in total. The van der Waals surface area contributed by atoms with E-state index in [4.69, 9.17) is 11.5 Å². The van der Waals surface area contributed by atoms with Crippen molar-refractivity contribution in [2.75, 3.05) is 11.1 Å². The SMILES string of the molecule is CCc1ccccc1CNc1c(N)cccc1C(N)=O. The minimum Gasteiger partial charge on any atom is -0.397 e. The third kappa shape index (κ3) is 2.91. The third-order valence-corrected chi connectivity index (χ3v) is 3.32. The Labute approximate surface area is 118 Å². The van der Waals surface area contributed by atoms with Crippen LogP contribution >= 0.6 is 0 Å². The Bertz CT molecular complexity index is 623. The molecule has 0 atom stereocenters. The molecule has 5 N–H and O–H groups in total. The van der Waals surface area contributed by atoms with Gasteiger partial charge in [-0.3, -0.25) is 4.79 Å². The van der Waals surface area contributed by atoms with Gasteiger partial charge in [0.1, 0.15) is 0 Å². The molecule has 0 fully saturated rings. The lowest BCUT2D eigenvalue weighted by Crippen LogP contribution is -2.16. The number of nitrogens with one attached hydrogen (secondary N) is 1. The van der Waals surface area contributed by atoms with Gasteiger partial charge >= 0.3 is 0 Å². The highest BCUT2D eigenvalue weighted by molar-refractivity contribution is 6.01. The molecule has 0 aliphatic heterocycles. The molecule has 0 saturated heterocycles. The molecule has 0 aliphatic carbocycles. The molecule has 0 saturated carbocycles. The van der Waals surface area contributed by atoms with E-state index in [9.17, 15) is 4.79 Å². The van der Waals surface area contributed by atoms with Gasteiger partial charge in [0.2, 0.25) is 0 Å². The van der Waals surface area contributed by atoms with Crippen molar-refractivity contribution in [3.8, 4) is 0 Å². The van der Waals surface area contributed by atoms with E-state index in [2.05, 4.69) is 24.4 Å². The number of anilines is 2. The standard InChI is InChI=1S/C16H19N3O/c1-2-11-6-3-4-7-12(11)10-19-15-13(16(18)20)8-5-9-14(15)17/h3-9,19H,2,10,17H2,1H3,(H2,18,20). The minimum atomic E-state index is -0.483. The maximum atomic E-state index is 11.4. The smallest absolute Gasteiger partial charge is 0.250 e. The van der Waals surface area contributed by atoms with Gasteiger partial charge in [0.15, 0.2) is 0 Å². The second-order valence-corrected chi connectivity index (χ2v) is 4.61. The largest absolute Gasteiger partial charge is 0.397 e. The van der Waals surface area contributed by atoms with Crippen LogP contribution in [0.1, 0.15) is 28.4 Å². The molecule has 0 heterocycles. The molecule has 0 aliphatic rings. The Morgan fingerprint density at radius 3 is 2.45 bits per heavy atom. The Kier molecular flexibility index (Phi) is 4.25. The average molecular weight is 269 g/mol. The molecule has 2 aromatic carbocycles. The van der Waals surface area contributed by atoms with Gasteiger partial charge in [0.25, 0.3) is 5.91 Å². The minimum absolute atomic E-state index is 0.416. The van der Waals surface area contributed by atoms with Crippen molar-refractivity contribution in [2.24, 2.45) is 5.73 Å². The molecule has 0 aromatic heterocycles. The monoisotopic (exact) mass is 269 g/mol. The van der Waals surface area contributed by atoms with E-state index in [0.717, 1.165) is 6.42 Å². The predicted molar refractivity (Wildman–Crippen MR) is 82.5 cm³/mol. The van der Waals surface area contributed by atoms with Crippen molar-refractivity contribution in [1.82, 2.24) is 0 Å². The molecule has 2 aromatic rings. The first-order chi connectivity index (χ1) is 9.63. The van der Waals surface area contributed by atoms with Crippen LogP contribution in [0.3, 0.4) is 0 Å². The summed E-state index contributed by atoms with van der Waals surface area (Å²) in [6.45, 7) is 2.73. The van der Waals surface area contributed by atoms with Crippen molar-refractivity contribution in [1.29, 1.82) is 0 Å². The van der Waals surface area contributed by atoms with Crippen molar-refractivity contribution in [3.05, 3.63) is 59.2 Å². The first kappa shape index (κ1) is 13.9. The van der Waals surface area contributed by atoms with Crippen LogP contribution in [-0.4, -0.2) is 5.91 Å². The Morgan fingerprint density at radius 1 is 1.10 bits per heavy atom. The molecular formula is C16H19N3O. The number of carbonyl (C=O) groups excluding carboxylic acids is 1. The lowest BCUT2D eigenvalue weighted by atomic mass is 10.0. The fourth-order valence-corrected chi connectivity index (χ4v) is 2.23. The predicted octanol–water partition coefficient (Wildman–Crippen LogP) is 2.54. The van der Waals surface area contributed by atoms with E-state index >= 15 is 0 Å². The number of nitrogen functional groups attached to an aromatic ring is 1. The van der Waals surface area contributed by atoms with Crippen LogP contribution in [0.4, 0.5) is 11.4 Å². The van der Waals surface area contributed by atoms with Crippen molar-refractivity contribution >= 4 is 17.3 Å². The van der Waals surface area contributed by atoms with Gasteiger partial charge in [-0.1, -0.05) is 37.3 Å². The summed E-state index contributed by atoms with van der Waals surface area (Å²) in [6.07, 6.45) is 0.963. The van der Waals surface area contributed by atoms with Gasteiger partial charge in [-0.05, 0) is 29.7 Å². The molecule has 2 rings (SSSR count). The summed E-state index contributed by atoms with van der Waals surface area (Å²) < 4.78 is 0. The van der Waals surface area contributed by atoms with Gasteiger partial charge in [0.05, 0.1) is 16.9 Å². The Hall–Kier alpha value is -2.49. The van der Waals surface area contributed by atoms with Gasteiger partial charge in [-0.15, -0.1) is 0 Å². The van der Waals surface area contributed by atoms with Crippen LogP contribution in [0.2, 0.25) is 0 Å². The summed E-state index contributed by atoms with van der Waals surface area (Å²) in [5.41, 5.74) is 15.3. The van der Waals surface area contributed by atoms with Crippen molar-refractivity contribution < 1.29 is 4.79 Å². The van der Waals surface area contributed by atoms with Crippen LogP contribution in [0.25, 0.3) is 0 Å². The maximum absolute atomic E-state index is 11.4. The fraction of sp³-hybridized carbons (Fsp3) is 0.188. The zero-order chi connectivity index (χ0) is 14.5. The van der Waals surface area contributed by atoms with Crippen LogP contribution < -0.4 is 16.8 Å². The molecule has 0 unspecified atom stereocenters. The summed E-state index contributed by atoms with van der Waals surface area (Å²) in [6, 6.07) is 13.3. The first-order valence-corrected chi connectivity index (χ1v) is 6.62. The summed E-state index contributed by atoms with van der Waals surface area (Å²) in [5, 5.41) is 3.23. The zero-order valence-electron chi connectivity index (χ0n) is 11.5. The third-order valence-electron chi connectivity index (χ3n) is 3.32. The Balaban J connectivity index is 2.25. The summed E-state index contributed by atoms with van der Waals surface area (Å²) in [5.74, 6) is -0.483. The lowest BCUT2D eigenvalue weighted by Gasteiger charge is -2.14. The second-order valence-electron chi connectivity index (χ2n) is 4.61. The van der Waals surface area contributed by atoms with Crippen LogP contribution in [-0.2, 0) is 13.0 Å². The maximum Gasteiger partial charge on any atom is 0.250 e. The number of carbonyl (C=O) groups is 1. The number of nitrogens with two attached hydrogens (primary N) is 2. The lowest BCUT2D eigenvalue weighted by molar-refractivity contribution is 0.100. The highest BCUT2D eigenvalue weighted by Crippen LogP contribution is 2.24. The molecule has 4 heteroatoms. The molecule has 1 amide bonds. The van der Waals surface area contributed by atoms with Crippen LogP contribution in [0.5, 0.6) is 0 Å². The number of aryl methyl sites for hydroxylation is 1. The number of benzene rings is 2. The van der Waals surface area contributed by atoms with E-state index < -0.39 is 5.91 Å². The van der Waals surface area contributed by atoms with E-state index in [1.54, 1.807) is 18.2 Å². The summed E-state index contributed by atoms with van der Waals surface area (Å²) in [4.78, 5) is 11.4. The van der Waals surface area contributed by atoms with Crippen LogP contribution in [0, 0.1) is 0 Å². The van der Waals surface area contributed by atoms with E-state index in [1.165, 1.54) is 11.1 Å². The molecule has 104 valence electrons. The highest BCUT2D eigenvalue weighted by atomic mass is 16.1. The van der Waals surface area contributed by atoms with E-state index in [0.29, 0.717) is 23.5 Å². The van der Waals surface area contributed by atoms with Crippen molar-refractivity contribution in [3.63, 3.8) is 0 Å². The average Bonchev–Trinajstić information content (AvgIpc) is 2.46. The number of rotatable bonds is 5. The van der Waals surface area contributed by atoms with E-state index in [1.807, 2.05) is 12.1 Å². The molecule has 20 heavy (non-hydrogen) atoms. The number of amides is 1. The number of primary amides is 1. The quantitative estimate of drug-likeness (QED) is 0.730. The topological polar surface area (TPSA) is 81.1 Å². The molecule has 0 radical (unpaired) electrons. The summed E-state index contributed by atoms with van der Waals surface area (Å²) >= 11 is 0. The number of hydrogen-bond donors (Lipinski definition) is 3. The first-order valence-electron chi connectivity index (χ1n) is 6.62. The van der Waals surface area contributed by atoms with Crippen molar-refractivity contribution in [2.45, 2.75) is 19.9 Å². The Morgan fingerprint density at radius 2 is 1.80 bits per heavy atom. The van der Waals surface area contributed by atoms with Crippen LogP contribution in [0.15, 0.2) is 42.5 Å². The second kappa shape index (κ2) is 6.10. The number of para-hydroxylation sites is 1. The normalized spacial score (nSPS) is 10.2.